The number of primary amides is 3. The lowest BCUT2D eigenvalue weighted by Crippen LogP contribution is -2.61. The molecule has 3 rings (SSSR count). The van der Waals surface area contributed by atoms with Gasteiger partial charge in [0.2, 0.25) is 59.1 Å². The van der Waals surface area contributed by atoms with Gasteiger partial charge in [0.05, 0.1) is 19.0 Å². The summed E-state index contributed by atoms with van der Waals surface area (Å²) in [5, 5.41) is 30.1. The van der Waals surface area contributed by atoms with E-state index in [1.807, 2.05) is 0 Å². The van der Waals surface area contributed by atoms with Crippen LogP contribution in [0.5, 0.6) is 5.75 Å². The zero-order chi connectivity index (χ0) is 57.2. The maximum Gasteiger partial charge on any atom is 0.312 e. The lowest BCUT2D eigenvalue weighted by Gasteiger charge is -2.31. The molecular weight excluding hydrogens is 1040 g/mol. The van der Waals surface area contributed by atoms with E-state index in [9.17, 15) is 57.8 Å². The van der Waals surface area contributed by atoms with Crippen molar-refractivity contribution in [3.8, 4) is 5.75 Å². The molecule has 28 nitrogen and oxygen atoms in total. The molecule has 30 heteroatoms. The molecule has 2 fully saturated rings. The van der Waals surface area contributed by atoms with Crippen LogP contribution in [0.25, 0.3) is 0 Å². The van der Waals surface area contributed by atoms with Crippen LogP contribution in [0.4, 0.5) is 4.79 Å². The predicted molar refractivity (Wildman–Crippen MR) is 288 cm³/mol. The van der Waals surface area contributed by atoms with Gasteiger partial charge < -0.3 is 86.9 Å². The molecule has 12 amide bonds. The molecule has 0 aromatic heterocycles. The van der Waals surface area contributed by atoms with E-state index in [-0.39, 0.29) is 93.7 Å². The number of likely N-dealkylation sites (tertiary alicyclic amines) is 1. The van der Waals surface area contributed by atoms with E-state index in [2.05, 4.69) is 72.8 Å². The number of urea groups is 1. The van der Waals surface area contributed by atoms with Crippen molar-refractivity contribution in [3.63, 3.8) is 0 Å². The Balaban J connectivity index is 1.88. The van der Waals surface area contributed by atoms with Crippen molar-refractivity contribution in [3.05, 3.63) is 29.8 Å². The largest absolute Gasteiger partial charge is 0.508 e. The minimum Gasteiger partial charge on any atom is -0.508 e. The Morgan fingerprint density at radius 2 is 1.19 bits per heavy atom. The van der Waals surface area contributed by atoms with Crippen LogP contribution >= 0.6 is 25.3 Å². The zero-order valence-corrected chi connectivity index (χ0v) is 44.6. The van der Waals surface area contributed by atoms with Crippen LogP contribution in [0.15, 0.2) is 29.3 Å². The molecule has 2 aliphatic rings. The van der Waals surface area contributed by atoms with Crippen LogP contribution in [0, 0.1) is 5.92 Å². The van der Waals surface area contributed by atoms with Gasteiger partial charge in [0.25, 0.3) is 0 Å². The number of phenolic OH excluding ortho intramolecular Hbond substituents is 1. The summed E-state index contributed by atoms with van der Waals surface area (Å²) in [4.78, 5) is 151. The molecule has 0 radical (unpaired) electrons. The van der Waals surface area contributed by atoms with Crippen molar-refractivity contribution in [2.24, 2.45) is 45.3 Å². The number of carbonyl (C=O) groups excluding carboxylic acids is 11. The molecule has 1 aliphatic carbocycles. The molecule has 0 bridgehead atoms. The second-order valence-corrected chi connectivity index (χ2v) is 19.6. The quantitative estimate of drug-likeness (QED) is 0.0139. The molecule has 21 N–H and O–H groups in total. The summed E-state index contributed by atoms with van der Waals surface area (Å²) in [5.41, 5.74) is 33.2. The first-order valence-electron chi connectivity index (χ1n) is 25.3. The van der Waals surface area contributed by atoms with Gasteiger partial charge in [-0.05, 0) is 68.6 Å². The number of benzene rings is 1. The van der Waals surface area contributed by atoms with Crippen molar-refractivity contribution >= 4 is 96.3 Å². The van der Waals surface area contributed by atoms with Crippen LogP contribution in [0.2, 0.25) is 0 Å². The summed E-state index contributed by atoms with van der Waals surface area (Å²) in [6.45, 7) is -0.411. The number of hydrogen-bond acceptors (Lipinski definition) is 16. The van der Waals surface area contributed by atoms with Gasteiger partial charge >= 0.3 is 6.03 Å². The van der Waals surface area contributed by atoms with Crippen molar-refractivity contribution in [2.45, 2.75) is 138 Å². The summed E-state index contributed by atoms with van der Waals surface area (Å²) in [6, 6.07) is -5.62. The molecule has 1 saturated carbocycles. The van der Waals surface area contributed by atoms with E-state index in [4.69, 9.17) is 34.4 Å². The number of nitrogens with two attached hydrogens (primary N) is 6. The number of phenols is 1. The molecule has 0 spiro atoms. The highest BCUT2D eigenvalue weighted by Gasteiger charge is 2.40. The standard InChI is InChI=1S/C47H76N16O12S2/c48-28(23-76)38(67)59-31(20-26-12-14-27(64)15-13-26)42(71)60-32(19-25-7-2-1-3-8-25)41(70)57-30(10-5-17-55-47(53)75)40(69)61-33(21-36(49)65)43(72)62-34(24-77)45(74)63-18-6-11-35(63)44(73)58-29(9-4-16-54-46(51)52)39(68)56-22-37(50)66/h12-15,25,28-35,64,76-77H,1-11,16-24,48H2,(H2,49,65)(H2,50,66)(H,56,68)(H,57,70)(H,58,73)(H,59,67)(H,60,71)(H,61,69)(H,62,72)(H4,51,52,54)(H3,53,55,75)/t28-,29-,30-,31-,32-,33-,34-,35-/m0/s1. The predicted octanol–water partition coefficient (Wildman–Crippen LogP) is -5.03. The van der Waals surface area contributed by atoms with Gasteiger partial charge in [0.15, 0.2) is 5.96 Å². The minimum absolute atomic E-state index is 0.0278. The van der Waals surface area contributed by atoms with Gasteiger partial charge in [-0.25, -0.2) is 4.79 Å². The Kier molecular flexibility index (Phi) is 27.7. The van der Waals surface area contributed by atoms with Crippen molar-refractivity contribution in [1.29, 1.82) is 0 Å². The molecule has 1 aliphatic heterocycles. The van der Waals surface area contributed by atoms with E-state index in [1.165, 1.54) is 17.0 Å². The minimum atomic E-state index is -1.75. The van der Waals surface area contributed by atoms with Gasteiger partial charge in [-0.1, -0.05) is 44.2 Å². The molecule has 1 saturated heterocycles. The zero-order valence-electron chi connectivity index (χ0n) is 42.8. The lowest BCUT2D eigenvalue weighted by atomic mass is 9.84. The summed E-state index contributed by atoms with van der Waals surface area (Å²) in [6.07, 6.45) is 4.05. The summed E-state index contributed by atoms with van der Waals surface area (Å²) >= 11 is 8.36. The van der Waals surface area contributed by atoms with Crippen molar-refractivity contribution in [2.75, 3.05) is 37.7 Å². The highest BCUT2D eigenvalue weighted by atomic mass is 32.1. The van der Waals surface area contributed by atoms with E-state index < -0.39 is 126 Å². The van der Waals surface area contributed by atoms with Gasteiger partial charge in [-0.3, -0.25) is 52.9 Å². The maximum absolute atomic E-state index is 14.5. The SMILES string of the molecule is NC(=O)CNC(=O)[C@H](CCCN=C(N)N)NC(=O)[C@@H]1CCCN1C(=O)[C@H](CS)NC(=O)[C@H](CC(N)=O)NC(=O)[C@H](CCCNC(N)=O)NC(=O)[C@H](CC1CCCCC1)NC(=O)[C@H](Cc1ccc(O)cc1)NC(=O)[C@@H](N)CS. The summed E-state index contributed by atoms with van der Waals surface area (Å²) in [5.74, 6) is -9.10. The highest BCUT2D eigenvalue weighted by Crippen LogP contribution is 2.28. The molecule has 77 heavy (non-hydrogen) atoms. The second kappa shape index (κ2) is 33.2. The van der Waals surface area contributed by atoms with E-state index in [0.717, 1.165) is 32.1 Å². The summed E-state index contributed by atoms with van der Waals surface area (Å²) < 4.78 is 0. The third-order valence-electron chi connectivity index (χ3n) is 12.8. The third kappa shape index (κ3) is 23.0. The van der Waals surface area contributed by atoms with Gasteiger partial charge in [-0.15, -0.1) is 0 Å². The molecule has 1 aromatic carbocycles. The Labute approximate surface area is 456 Å². The summed E-state index contributed by atoms with van der Waals surface area (Å²) in [7, 11) is 0. The molecule has 8 atom stereocenters. The van der Waals surface area contributed by atoms with Crippen LogP contribution in [-0.2, 0) is 54.4 Å². The monoisotopic (exact) mass is 1120 g/mol. The van der Waals surface area contributed by atoms with Crippen LogP contribution in [0.1, 0.15) is 89.0 Å². The van der Waals surface area contributed by atoms with Crippen LogP contribution < -0.4 is 76.9 Å². The fourth-order valence-electron chi connectivity index (χ4n) is 8.74. The lowest BCUT2D eigenvalue weighted by molar-refractivity contribution is -0.142. The second-order valence-electron chi connectivity index (χ2n) is 18.9. The molecule has 0 unspecified atom stereocenters. The van der Waals surface area contributed by atoms with E-state index in [1.54, 1.807) is 12.1 Å². The Morgan fingerprint density at radius 1 is 0.623 bits per heavy atom. The number of nitrogens with zero attached hydrogens (tertiary/aromatic N) is 2. The van der Waals surface area contributed by atoms with E-state index >= 15 is 0 Å². The first-order valence-corrected chi connectivity index (χ1v) is 26.6. The molecule has 1 aromatic rings. The number of amides is 12. The van der Waals surface area contributed by atoms with Crippen molar-refractivity contribution in [1.82, 2.24) is 47.4 Å². The van der Waals surface area contributed by atoms with Gasteiger partial charge in [0.1, 0.15) is 48.0 Å². The average molecular weight is 1120 g/mol. The number of guanidine groups is 1. The van der Waals surface area contributed by atoms with E-state index in [0.29, 0.717) is 12.0 Å². The van der Waals surface area contributed by atoms with Crippen LogP contribution in [-0.4, -0.2) is 167 Å². The normalized spacial score (nSPS) is 17.0. The van der Waals surface area contributed by atoms with Gasteiger partial charge in [0, 0.05) is 37.6 Å². The topological polar surface area (TPSA) is 476 Å². The first-order chi connectivity index (χ1) is 36.5. The Bertz CT molecular complexity index is 2250. The Hall–Kier alpha value is -7.08. The smallest absolute Gasteiger partial charge is 0.312 e. The average Bonchev–Trinajstić information content (AvgIpc) is 3.89. The maximum atomic E-state index is 14.5. The number of rotatable bonds is 32. The number of aliphatic imine (C=N–C) groups is 1. The molecule has 1 heterocycles. The fourth-order valence-corrected chi connectivity index (χ4v) is 9.15. The van der Waals surface area contributed by atoms with Crippen LogP contribution in [0.3, 0.4) is 0 Å². The number of aromatic hydroxyl groups is 1. The molecular formula is C47H76N16O12S2. The third-order valence-corrected chi connectivity index (χ3v) is 13.5. The number of thiol groups is 2. The number of nitrogens with one attached hydrogen (secondary N) is 8. The fraction of sp³-hybridized carbons (Fsp3) is 0.617. The van der Waals surface area contributed by atoms with Crippen molar-refractivity contribution < 1.29 is 57.8 Å². The highest BCUT2D eigenvalue weighted by molar-refractivity contribution is 7.80. The number of carbonyl (C=O) groups is 11. The Morgan fingerprint density at radius 3 is 1.81 bits per heavy atom. The molecule has 428 valence electrons. The first kappa shape index (κ1) is 64.2. The number of hydrogen-bond donors (Lipinski definition) is 17. The van der Waals surface area contributed by atoms with Gasteiger partial charge in [-0.2, -0.15) is 25.3 Å².